The first kappa shape index (κ1) is 13.8. The minimum Gasteiger partial charge on any atom is -0.480 e. The highest BCUT2D eigenvalue weighted by molar-refractivity contribution is 7.98. The summed E-state index contributed by atoms with van der Waals surface area (Å²) in [6.45, 7) is 1.97. The molecule has 0 amide bonds. The second kappa shape index (κ2) is 5.69. The average molecular weight is 299 g/mol. The number of nitrogen functional groups attached to an aromatic ring is 1. The molecule has 0 saturated carbocycles. The lowest BCUT2D eigenvalue weighted by Crippen LogP contribution is -2.32. The molecule has 0 saturated heterocycles. The van der Waals surface area contributed by atoms with Crippen molar-refractivity contribution in [2.24, 2.45) is 4.99 Å². The molecule has 1 aliphatic heterocycles. The highest BCUT2D eigenvalue weighted by Crippen LogP contribution is 2.34. The number of amidine groups is 1. The van der Waals surface area contributed by atoms with E-state index in [-0.39, 0.29) is 6.10 Å². The van der Waals surface area contributed by atoms with Crippen LogP contribution in [0, 0.1) is 0 Å². The van der Waals surface area contributed by atoms with Gasteiger partial charge in [0.15, 0.2) is 6.10 Å². The summed E-state index contributed by atoms with van der Waals surface area (Å²) >= 11 is 1.71. The molecular weight excluding hydrogens is 282 g/mol. The van der Waals surface area contributed by atoms with E-state index in [0.717, 1.165) is 23.0 Å². The van der Waals surface area contributed by atoms with Crippen molar-refractivity contribution < 1.29 is 4.74 Å². The summed E-state index contributed by atoms with van der Waals surface area (Å²) in [7, 11) is 0. The molecule has 21 heavy (non-hydrogen) atoms. The van der Waals surface area contributed by atoms with Gasteiger partial charge in [-0.05, 0) is 43.5 Å². The van der Waals surface area contributed by atoms with E-state index in [9.17, 15) is 0 Å². The Morgan fingerprint density at radius 3 is 2.90 bits per heavy atom. The Hall–Kier alpha value is -2.14. The first-order chi connectivity index (χ1) is 10.2. The van der Waals surface area contributed by atoms with E-state index in [1.807, 2.05) is 31.2 Å². The predicted molar refractivity (Wildman–Crippen MR) is 89.9 cm³/mol. The van der Waals surface area contributed by atoms with Gasteiger partial charge < -0.3 is 15.8 Å². The summed E-state index contributed by atoms with van der Waals surface area (Å²) in [6, 6.07) is 13.7. The van der Waals surface area contributed by atoms with Gasteiger partial charge in [-0.1, -0.05) is 6.07 Å². The number of aliphatic imine (C=N–C) groups is 1. The third-order valence-electron chi connectivity index (χ3n) is 3.26. The number of thioether (sulfide) groups is 1. The van der Waals surface area contributed by atoms with Crippen molar-refractivity contribution in [3.63, 3.8) is 0 Å². The normalized spacial score (nSPS) is 16.7. The third-order valence-corrected chi connectivity index (χ3v) is 3.98. The molecule has 1 atom stereocenters. The molecule has 0 aromatic heterocycles. The fraction of sp³-hybridized carbons (Fsp3) is 0.188. The molecule has 1 heterocycles. The lowest BCUT2D eigenvalue weighted by atomic mass is 10.2. The van der Waals surface area contributed by atoms with Crippen LogP contribution in [0.5, 0.6) is 5.75 Å². The Bertz CT molecular complexity index is 700. The van der Waals surface area contributed by atoms with Crippen LogP contribution in [-0.2, 0) is 0 Å². The molecule has 0 bridgehead atoms. The van der Waals surface area contributed by atoms with Crippen molar-refractivity contribution in [1.82, 2.24) is 0 Å². The summed E-state index contributed by atoms with van der Waals surface area (Å²) in [6.07, 6.45) is 1.92. The van der Waals surface area contributed by atoms with E-state index < -0.39 is 0 Å². The smallest absolute Gasteiger partial charge is 0.153 e. The molecule has 3 N–H and O–H groups in total. The topological polar surface area (TPSA) is 59.6 Å². The van der Waals surface area contributed by atoms with Gasteiger partial charge in [0.05, 0.1) is 0 Å². The van der Waals surface area contributed by atoms with Gasteiger partial charge >= 0.3 is 0 Å². The number of anilines is 2. The molecule has 5 heteroatoms. The Balaban J connectivity index is 1.89. The van der Waals surface area contributed by atoms with Gasteiger partial charge in [-0.25, -0.2) is 4.99 Å². The van der Waals surface area contributed by atoms with Crippen LogP contribution in [0.4, 0.5) is 17.1 Å². The fourth-order valence-corrected chi connectivity index (χ4v) is 2.62. The number of ether oxygens (including phenoxy) is 1. The van der Waals surface area contributed by atoms with Gasteiger partial charge in [-0.3, -0.25) is 0 Å². The van der Waals surface area contributed by atoms with Crippen LogP contribution in [-0.4, -0.2) is 18.2 Å². The van der Waals surface area contributed by atoms with E-state index >= 15 is 0 Å². The first-order valence-corrected chi connectivity index (χ1v) is 7.94. The molecule has 0 spiro atoms. The summed E-state index contributed by atoms with van der Waals surface area (Å²) in [5.41, 5.74) is 8.26. The second-order valence-electron chi connectivity index (χ2n) is 4.84. The van der Waals surface area contributed by atoms with Crippen molar-refractivity contribution in [3.8, 4) is 5.75 Å². The molecule has 0 radical (unpaired) electrons. The van der Waals surface area contributed by atoms with Crippen LogP contribution in [0.25, 0.3) is 0 Å². The molecule has 0 aliphatic carbocycles. The Morgan fingerprint density at radius 2 is 2.10 bits per heavy atom. The van der Waals surface area contributed by atoms with Crippen molar-refractivity contribution in [3.05, 3.63) is 42.5 Å². The molecule has 108 valence electrons. The Labute approximate surface area is 128 Å². The first-order valence-electron chi connectivity index (χ1n) is 6.71. The van der Waals surface area contributed by atoms with Gasteiger partial charge in [0.1, 0.15) is 17.3 Å². The number of hydrogen-bond acceptors (Lipinski definition) is 5. The van der Waals surface area contributed by atoms with Gasteiger partial charge in [0, 0.05) is 22.3 Å². The molecule has 2 aromatic carbocycles. The van der Waals surface area contributed by atoms with Crippen molar-refractivity contribution in [1.29, 1.82) is 0 Å². The van der Waals surface area contributed by atoms with Gasteiger partial charge in [0.2, 0.25) is 0 Å². The summed E-state index contributed by atoms with van der Waals surface area (Å²) in [5, 5.41) is 3.34. The number of nitrogens with one attached hydrogen (secondary N) is 1. The zero-order chi connectivity index (χ0) is 14.8. The number of fused-ring (bicyclic) bond motifs is 1. The maximum Gasteiger partial charge on any atom is 0.153 e. The minimum absolute atomic E-state index is 0.141. The number of nitrogens with two attached hydrogens (primary N) is 1. The van der Waals surface area contributed by atoms with E-state index in [0.29, 0.717) is 5.69 Å². The van der Waals surface area contributed by atoms with Gasteiger partial charge in [-0.2, -0.15) is 0 Å². The molecule has 1 unspecified atom stereocenters. The molecule has 0 fully saturated rings. The number of rotatable bonds is 2. The summed E-state index contributed by atoms with van der Waals surface area (Å²) < 4.78 is 5.88. The maximum atomic E-state index is 5.88. The minimum atomic E-state index is -0.141. The fourth-order valence-electron chi connectivity index (χ4n) is 2.16. The van der Waals surface area contributed by atoms with Crippen LogP contribution >= 0.6 is 11.8 Å². The molecular formula is C16H17N3OS. The number of nitrogens with zero attached hydrogens (tertiary/aromatic N) is 1. The van der Waals surface area contributed by atoms with E-state index in [1.54, 1.807) is 17.8 Å². The van der Waals surface area contributed by atoms with E-state index in [4.69, 9.17) is 10.5 Å². The zero-order valence-corrected chi connectivity index (χ0v) is 12.8. The monoisotopic (exact) mass is 299 g/mol. The lowest BCUT2D eigenvalue weighted by molar-refractivity contribution is 0.283. The van der Waals surface area contributed by atoms with Crippen molar-refractivity contribution in [2.75, 3.05) is 17.3 Å². The quantitative estimate of drug-likeness (QED) is 0.652. The predicted octanol–water partition coefficient (Wildman–Crippen LogP) is 3.91. The van der Waals surface area contributed by atoms with Crippen LogP contribution in [0.3, 0.4) is 0 Å². The van der Waals surface area contributed by atoms with E-state index in [2.05, 4.69) is 28.7 Å². The largest absolute Gasteiger partial charge is 0.480 e. The standard InChI is InChI=1S/C16H17N3OS/c1-10-16(18-12-4-3-5-13(9-12)21-2)19-14-7-6-11(17)8-15(14)20-10/h3-10H,17H2,1-2H3,(H,18,19). The zero-order valence-electron chi connectivity index (χ0n) is 12.0. The Morgan fingerprint density at radius 1 is 1.24 bits per heavy atom. The van der Waals surface area contributed by atoms with Crippen LogP contribution in [0.15, 0.2) is 52.4 Å². The van der Waals surface area contributed by atoms with Gasteiger partial charge in [-0.15, -0.1) is 11.8 Å². The lowest BCUT2D eigenvalue weighted by Gasteiger charge is -2.24. The maximum absolute atomic E-state index is 5.88. The number of benzene rings is 2. The average Bonchev–Trinajstić information content (AvgIpc) is 2.48. The molecule has 4 nitrogen and oxygen atoms in total. The molecule has 3 rings (SSSR count). The number of hydrogen-bond donors (Lipinski definition) is 2. The third kappa shape index (κ3) is 2.97. The summed E-state index contributed by atoms with van der Waals surface area (Å²) in [4.78, 5) is 5.84. The highest BCUT2D eigenvalue weighted by atomic mass is 32.2. The Kier molecular flexibility index (Phi) is 3.75. The van der Waals surface area contributed by atoms with Crippen molar-refractivity contribution >= 4 is 34.7 Å². The van der Waals surface area contributed by atoms with Crippen LogP contribution in [0.1, 0.15) is 6.92 Å². The molecule has 2 aromatic rings. The highest BCUT2D eigenvalue weighted by Gasteiger charge is 2.20. The van der Waals surface area contributed by atoms with Crippen LogP contribution < -0.4 is 15.8 Å². The van der Waals surface area contributed by atoms with Crippen molar-refractivity contribution in [2.45, 2.75) is 17.9 Å². The van der Waals surface area contributed by atoms with E-state index in [1.165, 1.54) is 4.90 Å². The van der Waals surface area contributed by atoms with Crippen LogP contribution in [0.2, 0.25) is 0 Å². The summed E-state index contributed by atoms with van der Waals surface area (Å²) in [5.74, 6) is 1.52. The second-order valence-corrected chi connectivity index (χ2v) is 5.72. The SMILES string of the molecule is CSc1cccc(NC2=Nc3ccc(N)cc3OC2C)c1. The van der Waals surface area contributed by atoms with Gasteiger partial charge in [0.25, 0.3) is 0 Å². The molecule has 1 aliphatic rings.